The number of amides is 2. The fourth-order valence-electron chi connectivity index (χ4n) is 2.29. The van der Waals surface area contributed by atoms with Crippen molar-refractivity contribution in [2.75, 3.05) is 13.7 Å². The van der Waals surface area contributed by atoms with Gasteiger partial charge in [0.1, 0.15) is 11.6 Å². The van der Waals surface area contributed by atoms with Crippen LogP contribution in [0.4, 0.5) is 9.18 Å². The molecule has 0 aliphatic rings. The molecular formula is C16H25FN2O3. The SMILES string of the molecule is COc1ccc(F)cc1C(C)NC(=O)NC(CO)CC(C)C. The van der Waals surface area contributed by atoms with Crippen molar-refractivity contribution in [2.24, 2.45) is 5.92 Å². The summed E-state index contributed by atoms with van der Waals surface area (Å²) in [5.41, 5.74) is 0.557. The molecular weight excluding hydrogens is 287 g/mol. The number of aliphatic hydroxyl groups is 1. The molecule has 22 heavy (non-hydrogen) atoms. The van der Waals surface area contributed by atoms with E-state index >= 15 is 0 Å². The second kappa shape index (κ2) is 8.58. The molecule has 124 valence electrons. The fourth-order valence-corrected chi connectivity index (χ4v) is 2.29. The average Bonchev–Trinajstić information content (AvgIpc) is 2.45. The van der Waals surface area contributed by atoms with E-state index in [2.05, 4.69) is 10.6 Å². The Morgan fingerprint density at radius 2 is 2.00 bits per heavy atom. The molecule has 0 bridgehead atoms. The van der Waals surface area contributed by atoms with Gasteiger partial charge in [-0.2, -0.15) is 0 Å². The molecule has 0 radical (unpaired) electrons. The molecule has 2 atom stereocenters. The van der Waals surface area contributed by atoms with Crippen LogP contribution in [0.2, 0.25) is 0 Å². The van der Waals surface area contributed by atoms with Crippen LogP contribution in [-0.4, -0.2) is 30.9 Å². The van der Waals surface area contributed by atoms with E-state index in [-0.39, 0.29) is 12.6 Å². The summed E-state index contributed by atoms with van der Waals surface area (Å²) in [6, 6.07) is 3.03. The van der Waals surface area contributed by atoms with Crippen LogP contribution >= 0.6 is 0 Å². The maximum absolute atomic E-state index is 13.4. The molecule has 2 unspecified atom stereocenters. The zero-order chi connectivity index (χ0) is 16.7. The van der Waals surface area contributed by atoms with Crippen molar-refractivity contribution in [3.05, 3.63) is 29.6 Å². The quantitative estimate of drug-likeness (QED) is 0.725. The number of rotatable bonds is 7. The second-order valence-electron chi connectivity index (χ2n) is 5.73. The van der Waals surface area contributed by atoms with Gasteiger partial charge in [0.05, 0.1) is 25.8 Å². The summed E-state index contributed by atoms with van der Waals surface area (Å²) in [4.78, 5) is 12.0. The first-order valence-corrected chi connectivity index (χ1v) is 7.38. The number of hydrogen-bond acceptors (Lipinski definition) is 3. The van der Waals surface area contributed by atoms with Crippen LogP contribution in [0.1, 0.15) is 38.8 Å². The Morgan fingerprint density at radius 1 is 1.32 bits per heavy atom. The van der Waals surface area contributed by atoms with Crippen molar-refractivity contribution in [1.29, 1.82) is 0 Å². The largest absolute Gasteiger partial charge is 0.496 e. The monoisotopic (exact) mass is 312 g/mol. The number of methoxy groups -OCH3 is 1. The number of halogens is 1. The predicted octanol–water partition coefficient (Wildman–Crippen LogP) is 2.60. The summed E-state index contributed by atoms with van der Waals surface area (Å²) in [6.07, 6.45) is 0.682. The molecule has 3 N–H and O–H groups in total. The summed E-state index contributed by atoms with van der Waals surface area (Å²) < 4.78 is 18.6. The number of aliphatic hydroxyl groups excluding tert-OH is 1. The topological polar surface area (TPSA) is 70.6 Å². The van der Waals surface area contributed by atoms with Crippen LogP contribution < -0.4 is 15.4 Å². The van der Waals surface area contributed by atoms with Gasteiger partial charge < -0.3 is 20.5 Å². The van der Waals surface area contributed by atoms with E-state index < -0.39 is 17.9 Å². The molecule has 0 spiro atoms. The van der Waals surface area contributed by atoms with Gasteiger partial charge in [0.15, 0.2) is 0 Å². The van der Waals surface area contributed by atoms with Gasteiger partial charge in [0, 0.05) is 5.56 Å². The lowest BCUT2D eigenvalue weighted by molar-refractivity contribution is 0.205. The highest BCUT2D eigenvalue weighted by molar-refractivity contribution is 5.74. The molecule has 6 heteroatoms. The zero-order valence-corrected chi connectivity index (χ0v) is 13.5. The lowest BCUT2D eigenvalue weighted by Crippen LogP contribution is -2.45. The van der Waals surface area contributed by atoms with Gasteiger partial charge in [-0.15, -0.1) is 0 Å². The highest BCUT2D eigenvalue weighted by Crippen LogP contribution is 2.25. The van der Waals surface area contributed by atoms with E-state index in [0.717, 1.165) is 0 Å². The first-order chi connectivity index (χ1) is 10.4. The van der Waals surface area contributed by atoms with Crippen molar-refractivity contribution in [2.45, 2.75) is 39.3 Å². The molecule has 0 aromatic heterocycles. The Hall–Kier alpha value is -1.82. The van der Waals surface area contributed by atoms with Gasteiger partial charge >= 0.3 is 6.03 Å². The molecule has 2 amide bonds. The molecule has 0 saturated carbocycles. The smallest absolute Gasteiger partial charge is 0.315 e. The van der Waals surface area contributed by atoms with Crippen molar-refractivity contribution >= 4 is 6.03 Å². The van der Waals surface area contributed by atoms with Crippen LogP contribution in [0.25, 0.3) is 0 Å². The third-order valence-electron chi connectivity index (χ3n) is 3.32. The molecule has 0 heterocycles. The number of urea groups is 1. The number of benzene rings is 1. The Morgan fingerprint density at radius 3 is 2.55 bits per heavy atom. The van der Waals surface area contributed by atoms with Crippen LogP contribution in [0, 0.1) is 11.7 Å². The fraction of sp³-hybridized carbons (Fsp3) is 0.562. The van der Waals surface area contributed by atoms with Gasteiger partial charge in [-0.1, -0.05) is 13.8 Å². The number of nitrogens with one attached hydrogen (secondary N) is 2. The van der Waals surface area contributed by atoms with Crippen LogP contribution in [0.15, 0.2) is 18.2 Å². The molecule has 1 aromatic carbocycles. The van der Waals surface area contributed by atoms with Gasteiger partial charge in [-0.25, -0.2) is 9.18 Å². The van der Waals surface area contributed by atoms with Gasteiger partial charge in [-0.3, -0.25) is 0 Å². The van der Waals surface area contributed by atoms with E-state index in [1.165, 1.54) is 25.3 Å². The molecule has 0 aliphatic carbocycles. The molecule has 0 saturated heterocycles. The van der Waals surface area contributed by atoms with Crippen molar-refractivity contribution < 1.29 is 19.0 Å². The minimum absolute atomic E-state index is 0.122. The highest BCUT2D eigenvalue weighted by atomic mass is 19.1. The van der Waals surface area contributed by atoms with Gasteiger partial charge in [0.2, 0.25) is 0 Å². The number of carbonyl (C=O) groups is 1. The van der Waals surface area contributed by atoms with Crippen molar-refractivity contribution in [3.8, 4) is 5.75 Å². The first-order valence-electron chi connectivity index (χ1n) is 7.38. The third-order valence-corrected chi connectivity index (χ3v) is 3.32. The number of hydrogen-bond donors (Lipinski definition) is 3. The molecule has 0 fully saturated rings. The maximum Gasteiger partial charge on any atom is 0.315 e. The third kappa shape index (κ3) is 5.52. The second-order valence-corrected chi connectivity index (χ2v) is 5.73. The Labute approximate surface area is 130 Å². The normalized spacial score (nSPS) is 13.6. The lowest BCUT2D eigenvalue weighted by atomic mass is 10.0. The van der Waals surface area contributed by atoms with Crippen molar-refractivity contribution in [1.82, 2.24) is 10.6 Å². The Balaban J connectivity index is 2.69. The van der Waals surface area contributed by atoms with Gasteiger partial charge in [0.25, 0.3) is 0 Å². The zero-order valence-electron chi connectivity index (χ0n) is 13.5. The highest BCUT2D eigenvalue weighted by Gasteiger charge is 2.17. The van der Waals surface area contributed by atoms with Gasteiger partial charge in [-0.05, 0) is 37.5 Å². The summed E-state index contributed by atoms with van der Waals surface area (Å²) in [5.74, 6) is 0.478. The molecule has 1 rings (SSSR count). The van der Waals surface area contributed by atoms with E-state index in [1.807, 2.05) is 13.8 Å². The summed E-state index contributed by atoms with van der Waals surface area (Å²) in [7, 11) is 1.49. The van der Waals surface area contributed by atoms with E-state index in [4.69, 9.17) is 4.74 Å². The minimum Gasteiger partial charge on any atom is -0.496 e. The van der Waals surface area contributed by atoms with E-state index in [9.17, 15) is 14.3 Å². The summed E-state index contributed by atoms with van der Waals surface area (Å²) in [5, 5.41) is 14.7. The standard InChI is InChI=1S/C16H25FN2O3/c1-10(2)7-13(9-20)19-16(21)18-11(3)14-8-12(17)5-6-15(14)22-4/h5-6,8,10-11,13,20H,7,9H2,1-4H3,(H2,18,19,21). The molecule has 0 aliphatic heterocycles. The number of carbonyl (C=O) groups excluding carboxylic acids is 1. The average molecular weight is 312 g/mol. The number of ether oxygens (including phenoxy) is 1. The van der Waals surface area contributed by atoms with Crippen LogP contribution in [0.5, 0.6) is 5.75 Å². The Bertz CT molecular complexity index is 494. The lowest BCUT2D eigenvalue weighted by Gasteiger charge is -2.22. The first kappa shape index (κ1) is 18.2. The van der Waals surface area contributed by atoms with E-state index in [1.54, 1.807) is 6.92 Å². The predicted molar refractivity (Wildman–Crippen MR) is 83.4 cm³/mol. The maximum atomic E-state index is 13.4. The Kier molecular flexibility index (Phi) is 7.11. The minimum atomic E-state index is -0.427. The molecule has 5 nitrogen and oxygen atoms in total. The van der Waals surface area contributed by atoms with Crippen LogP contribution in [-0.2, 0) is 0 Å². The summed E-state index contributed by atoms with van der Waals surface area (Å²) >= 11 is 0. The summed E-state index contributed by atoms with van der Waals surface area (Å²) in [6.45, 7) is 5.65. The van der Waals surface area contributed by atoms with Crippen molar-refractivity contribution in [3.63, 3.8) is 0 Å². The molecule has 1 aromatic rings. The van der Waals surface area contributed by atoms with E-state index in [0.29, 0.717) is 23.7 Å². The van der Waals surface area contributed by atoms with Crippen LogP contribution in [0.3, 0.4) is 0 Å².